The molecular weight excluding hydrogens is 290 g/mol. The SMILES string of the molecule is O=c1cc(O)n(CCc2ccccc2)c2nc3ccccc3n12. The van der Waals surface area contributed by atoms with Crippen LogP contribution < -0.4 is 5.56 Å². The van der Waals surface area contributed by atoms with Crippen LogP contribution in [0, 0.1) is 0 Å². The van der Waals surface area contributed by atoms with Crippen LogP contribution in [-0.2, 0) is 13.0 Å². The van der Waals surface area contributed by atoms with Crippen molar-refractivity contribution in [3.63, 3.8) is 0 Å². The molecule has 0 aliphatic carbocycles. The topological polar surface area (TPSA) is 59.5 Å². The second kappa shape index (κ2) is 5.28. The lowest BCUT2D eigenvalue weighted by atomic mass is 10.1. The molecule has 0 unspecified atom stereocenters. The van der Waals surface area contributed by atoms with Crippen molar-refractivity contribution in [2.24, 2.45) is 0 Å². The number of fused-ring (bicyclic) bond motifs is 3. The lowest BCUT2D eigenvalue weighted by Crippen LogP contribution is -2.17. The minimum Gasteiger partial charge on any atom is -0.494 e. The number of benzene rings is 2. The molecule has 23 heavy (non-hydrogen) atoms. The molecule has 4 aromatic rings. The minimum absolute atomic E-state index is 0.0614. The van der Waals surface area contributed by atoms with Gasteiger partial charge in [0.15, 0.2) is 5.88 Å². The molecule has 0 aliphatic rings. The highest BCUT2D eigenvalue weighted by molar-refractivity contribution is 5.79. The van der Waals surface area contributed by atoms with E-state index in [4.69, 9.17) is 0 Å². The van der Waals surface area contributed by atoms with Crippen molar-refractivity contribution in [2.45, 2.75) is 13.0 Å². The van der Waals surface area contributed by atoms with Gasteiger partial charge in [-0.05, 0) is 24.1 Å². The van der Waals surface area contributed by atoms with Gasteiger partial charge in [0.05, 0.1) is 17.1 Å². The van der Waals surface area contributed by atoms with E-state index in [1.165, 1.54) is 11.6 Å². The Morgan fingerprint density at radius 2 is 1.74 bits per heavy atom. The number of para-hydroxylation sites is 2. The van der Waals surface area contributed by atoms with Crippen LogP contribution in [0.1, 0.15) is 5.56 Å². The maximum Gasteiger partial charge on any atom is 0.263 e. The summed E-state index contributed by atoms with van der Waals surface area (Å²) in [6, 6.07) is 18.7. The van der Waals surface area contributed by atoms with Crippen LogP contribution in [0.3, 0.4) is 0 Å². The normalized spacial score (nSPS) is 11.3. The van der Waals surface area contributed by atoms with E-state index in [1.54, 1.807) is 8.97 Å². The molecule has 2 aromatic carbocycles. The van der Waals surface area contributed by atoms with Crippen LogP contribution in [0.5, 0.6) is 5.88 Å². The molecule has 0 spiro atoms. The van der Waals surface area contributed by atoms with Gasteiger partial charge in [-0.1, -0.05) is 42.5 Å². The molecule has 1 N–H and O–H groups in total. The van der Waals surface area contributed by atoms with Gasteiger partial charge in [0.2, 0.25) is 5.78 Å². The molecule has 4 rings (SSSR count). The molecule has 114 valence electrons. The maximum absolute atomic E-state index is 12.3. The van der Waals surface area contributed by atoms with Crippen LogP contribution in [0.4, 0.5) is 0 Å². The fourth-order valence-corrected chi connectivity index (χ4v) is 2.87. The van der Waals surface area contributed by atoms with Crippen molar-refractivity contribution >= 4 is 16.8 Å². The molecule has 0 amide bonds. The predicted molar refractivity (Wildman–Crippen MR) is 88.8 cm³/mol. The Morgan fingerprint density at radius 3 is 2.57 bits per heavy atom. The molecule has 0 radical (unpaired) electrons. The summed E-state index contributed by atoms with van der Waals surface area (Å²) < 4.78 is 3.22. The third-order valence-electron chi connectivity index (χ3n) is 4.00. The van der Waals surface area contributed by atoms with Gasteiger partial charge in [-0.2, -0.15) is 0 Å². The number of hydrogen-bond acceptors (Lipinski definition) is 3. The molecule has 2 heterocycles. The predicted octanol–water partition coefficient (Wildman–Crippen LogP) is 2.60. The zero-order valence-corrected chi connectivity index (χ0v) is 12.4. The van der Waals surface area contributed by atoms with Crippen LogP contribution >= 0.6 is 0 Å². The average molecular weight is 305 g/mol. The first kappa shape index (κ1) is 13.6. The first-order valence-electron chi connectivity index (χ1n) is 7.48. The smallest absolute Gasteiger partial charge is 0.263 e. The molecule has 0 aliphatic heterocycles. The summed E-state index contributed by atoms with van der Waals surface area (Å²) in [4.78, 5) is 16.8. The van der Waals surface area contributed by atoms with Crippen LogP contribution in [0.25, 0.3) is 16.8 Å². The second-order valence-corrected chi connectivity index (χ2v) is 5.46. The van der Waals surface area contributed by atoms with Crippen molar-refractivity contribution in [1.29, 1.82) is 0 Å². The Morgan fingerprint density at radius 1 is 1.00 bits per heavy atom. The standard InChI is InChI=1S/C18H15N3O2/c22-16-12-17(23)21-15-9-5-4-8-14(15)19-18(21)20(16)11-10-13-6-2-1-3-7-13/h1-9,12,22H,10-11H2. The largest absolute Gasteiger partial charge is 0.494 e. The van der Waals surface area contributed by atoms with E-state index in [0.29, 0.717) is 12.3 Å². The van der Waals surface area contributed by atoms with Crippen molar-refractivity contribution in [2.75, 3.05) is 0 Å². The van der Waals surface area contributed by atoms with Crippen LogP contribution in [-0.4, -0.2) is 19.1 Å². The molecule has 0 saturated heterocycles. The molecular formula is C18H15N3O2. The molecule has 2 aromatic heterocycles. The molecule has 5 nitrogen and oxygen atoms in total. The first-order valence-corrected chi connectivity index (χ1v) is 7.48. The Bertz CT molecular complexity index is 1050. The summed E-state index contributed by atoms with van der Waals surface area (Å²) in [5.74, 6) is 0.404. The monoisotopic (exact) mass is 305 g/mol. The second-order valence-electron chi connectivity index (χ2n) is 5.46. The number of nitrogens with zero attached hydrogens (tertiary/aromatic N) is 3. The highest BCUT2D eigenvalue weighted by atomic mass is 16.3. The summed E-state index contributed by atoms with van der Waals surface area (Å²) in [5.41, 5.74) is 2.38. The van der Waals surface area contributed by atoms with Gasteiger partial charge in [-0.15, -0.1) is 0 Å². The Hall–Kier alpha value is -3.08. The van der Waals surface area contributed by atoms with Gasteiger partial charge in [-0.25, -0.2) is 9.38 Å². The van der Waals surface area contributed by atoms with E-state index in [-0.39, 0.29) is 11.4 Å². The highest BCUT2D eigenvalue weighted by Crippen LogP contribution is 2.18. The highest BCUT2D eigenvalue weighted by Gasteiger charge is 2.13. The summed E-state index contributed by atoms with van der Waals surface area (Å²) in [6.07, 6.45) is 0.746. The van der Waals surface area contributed by atoms with Crippen LogP contribution in [0.2, 0.25) is 0 Å². The third-order valence-corrected chi connectivity index (χ3v) is 4.00. The molecule has 0 bridgehead atoms. The van der Waals surface area contributed by atoms with Crippen molar-refractivity contribution < 1.29 is 5.11 Å². The Kier molecular flexibility index (Phi) is 3.12. The zero-order valence-electron chi connectivity index (χ0n) is 12.4. The fourth-order valence-electron chi connectivity index (χ4n) is 2.87. The van der Waals surface area contributed by atoms with Gasteiger partial charge in [0.1, 0.15) is 0 Å². The summed E-state index contributed by atoms with van der Waals surface area (Å²) in [6.45, 7) is 0.545. The first-order chi connectivity index (χ1) is 11.2. The molecule has 0 atom stereocenters. The quantitative estimate of drug-likeness (QED) is 0.633. The van der Waals surface area contributed by atoms with Crippen LogP contribution in [0.15, 0.2) is 65.5 Å². The van der Waals surface area contributed by atoms with E-state index < -0.39 is 0 Å². The van der Waals surface area contributed by atoms with E-state index in [9.17, 15) is 9.90 Å². The molecule has 0 saturated carbocycles. The molecule has 5 heteroatoms. The van der Waals surface area contributed by atoms with Crippen molar-refractivity contribution in [3.05, 3.63) is 76.6 Å². The average Bonchev–Trinajstić information content (AvgIpc) is 2.95. The summed E-state index contributed by atoms with van der Waals surface area (Å²) in [5, 5.41) is 10.2. The number of rotatable bonds is 3. The number of aryl methyl sites for hydroxylation is 2. The third kappa shape index (κ3) is 2.26. The minimum atomic E-state index is -0.276. The summed E-state index contributed by atoms with van der Waals surface area (Å²) >= 11 is 0. The Balaban J connectivity index is 1.87. The van der Waals surface area contributed by atoms with E-state index in [1.807, 2.05) is 54.6 Å². The van der Waals surface area contributed by atoms with E-state index in [2.05, 4.69) is 4.98 Å². The van der Waals surface area contributed by atoms with Crippen molar-refractivity contribution in [3.8, 4) is 5.88 Å². The molecule has 0 fully saturated rings. The lowest BCUT2D eigenvalue weighted by molar-refractivity contribution is 0.412. The zero-order chi connectivity index (χ0) is 15.8. The van der Waals surface area contributed by atoms with E-state index >= 15 is 0 Å². The fraction of sp³-hybridized carbons (Fsp3) is 0.111. The van der Waals surface area contributed by atoms with Gasteiger partial charge < -0.3 is 5.11 Å². The summed E-state index contributed by atoms with van der Waals surface area (Å²) in [7, 11) is 0. The van der Waals surface area contributed by atoms with E-state index in [0.717, 1.165) is 17.5 Å². The maximum atomic E-state index is 12.3. The van der Waals surface area contributed by atoms with Gasteiger partial charge in [0.25, 0.3) is 5.56 Å². The number of hydrogen-bond donors (Lipinski definition) is 1. The van der Waals surface area contributed by atoms with Gasteiger partial charge in [-0.3, -0.25) is 9.36 Å². The number of aromatic nitrogens is 3. The number of aromatic hydroxyl groups is 1. The van der Waals surface area contributed by atoms with Gasteiger partial charge in [0, 0.05) is 6.54 Å². The Labute approximate surface area is 132 Å². The van der Waals surface area contributed by atoms with Crippen molar-refractivity contribution in [1.82, 2.24) is 14.0 Å². The van der Waals surface area contributed by atoms with Gasteiger partial charge >= 0.3 is 0 Å². The lowest BCUT2D eigenvalue weighted by Gasteiger charge is -2.10. The number of imidazole rings is 1.